The lowest BCUT2D eigenvalue weighted by molar-refractivity contribution is -0.137. The first kappa shape index (κ1) is 24.5. The zero-order chi connectivity index (χ0) is 23.5. The number of anilines is 1. The monoisotopic (exact) mass is 525 g/mol. The van der Waals surface area contributed by atoms with Crippen LogP contribution in [0.1, 0.15) is 24.5 Å². The van der Waals surface area contributed by atoms with Crippen LogP contribution in [0.2, 0.25) is 15.1 Å². The molecule has 1 heterocycles. The number of alkyl halides is 3. The maximum absolute atomic E-state index is 12.8. The number of rotatable bonds is 7. The Labute approximate surface area is 199 Å². The van der Waals surface area contributed by atoms with Crippen LogP contribution in [-0.2, 0) is 11.0 Å². The van der Waals surface area contributed by atoms with E-state index in [0.29, 0.717) is 15.8 Å². The topological polar surface area (TPSA) is 77.2 Å². The summed E-state index contributed by atoms with van der Waals surface area (Å²) in [6, 6.07) is 7.38. The molecular weight excluding hydrogens is 514 g/mol. The van der Waals surface area contributed by atoms with E-state index in [-0.39, 0.29) is 27.6 Å². The fraction of sp³-hybridized carbons (Fsp3) is 0.211. The van der Waals surface area contributed by atoms with Gasteiger partial charge in [-0.3, -0.25) is 4.79 Å². The number of aromatic nitrogens is 2. The predicted molar refractivity (Wildman–Crippen MR) is 116 cm³/mol. The van der Waals surface area contributed by atoms with Crippen LogP contribution in [0.3, 0.4) is 0 Å². The highest BCUT2D eigenvalue weighted by molar-refractivity contribution is 7.99. The second-order valence-electron chi connectivity index (χ2n) is 6.27. The third-order valence-electron chi connectivity index (χ3n) is 3.86. The molecule has 1 N–H and O–H groups in total. The van der Waals surface area contributed by atoms with E-state index in [0.717, 1.165) is 30.0 Å². The van der Waals surface area contributed by atoms with Gasteiger partial charge >= 0.3 is 6.18 Å². The SMILES string of the molecule is C[C@H](Oc1ccc(Cl)cc1Cl)c1nnc(SCC(=O)Nc2cc(C(F)(F)F)ccc2Cl)o1. The molecule has 3 rings (SSSR count). The van der Waals surface area contributed by atoms with Gasteiger partial charge in [-0.05, 0) is 43.3 Å². The van der Waals surface area contributed by atoms with Gasteiger partial charge in [-0.25, -0.2) is 0 Å². The Kier molecular flexibility index (Phi) is 7.81. The van der Waals surface area contributed by atoms with Crippen LogP contribution in [0.4, 0.5) is 18.9 Å². The molecule has 0 saturated heterocycles. The first-order valence-corrected chi connectivity index (χ1v) is 10.9. The lowest BCUT2D eigenvalue weighted by Gasteiger charge is -2.12. The number of hydrogen-bond donors (Lipinski definition) is 1. The van der Waals surface area contributed by atoms with Gasteiger partial charge in [-0.2, -0.15) is 13.2 Å². The Hall–Kier alpha value is -2.14. The summed E-state index contributed by atoms with van der Waals surface area (Å²) in [4.78, 5) is 12.1. The minimum Gasteiger partial charge on any atom is -0.479 e. The van der Waals surface area contributed by atoms with Crippen LogP contribution in [0, 0.1) is 0 Å². The number of hydrogen-bond acceptors (Lipinski definition) is 6. The summed E-state index contributed by atoms with van der Waals surface area (Å²) in [5, 5.41) is 10.8. The number of nitrogens with zero attached hydrogens (tertiary/aromatic N) is 2. The Morgan fingerprint density at radius 3 is 2.59 bits per heavy atom. The number of carbonyl (C=O) groups is 1. The molecule has 3 aromatic rings. The third kappa shape index (κ3) is 6.44. The van der Waals surface area contributed by atoms with Crippen molar-refractivity contribution in [2.24, 2.45) is 0 Å². The lowest BCUT2D eigenvalue weighted by atomic mass is 10.2. The highest BCUT2D eigenvalue weighted by Gasteiger charge is 2.31. The molecule has 1 atom stereocenters. The minimum absolute atomic E-state index is 0.0248. The summed E-state index contributed by atoms with van der Waals surface area (Å²) in [7, 11) is 0. The van der Waals surface area contributed by atoms with Crippen molar-refractivity contribution < 1.29 is 27.1 Å². The number of ether oxygens (including phenoxy) is 1. The molecule has 0 saturated carbocycles. The van der Waals surface area contributed by atoms with Crippen LogP contribution in [0.5, 0.6) is 5.75 Å². The van der Waals surface area contributed by atoms with Gasteiger partial charge in [-0.1, -0.05) is 46.6 Å². The Morgan fingerprint density at radius 1 is 1.16 bits per heavy atom. The Morgan fingerprint density at radius 2 is 1.91 bits per heavy atom. The van der Waals surface area contributed by atoms with Gasteiger partial charge in [0, 0.05) is 5.02 Å². The van der Waals surface area contributed by atoms with Gasteiger partial charge < -0.3 is 14.5 Å². The van der Waals surface area contributed by atoms with Crippen molar-refractivity contribution in [1.82, 2.24) is 10.2 Å². The smallest absolute Gasteiger partial charge is 0.416 e. The molecule has 1 aromatic heterocycles. The van der Waals surface area contributed by atoms with E-state index in [1.807, 2.05) is 0 Å². The van der Waals surface area contributed by atoms with E-state index in [2.05, 4.69) is 15.5 Å². The molecule has 1 amide bonds. The van der Waals surface area contributed by atoms with Crippen molar-refractivity contribution >= 4 is 58.2 Å². The molecule has 0 bridgehead atoms. The Bertz CT molecular complexity index is 1130. The third-order valence-corrected chi connectivity index (χ3v) is 5.54. The number of nitrogens with one attached hydrogen (secondary N) is 1. The molecule has 0 spiro atoms. The number of amides is 1. The molecule has 2 aromatic carbocycles. The zero-order valence-corrected chi connectivity index (χ0v) is 19.1. The molecule has 170 valence electrons. The van der Waals surface area contributed by atoms with E-state index >= 15 is 0 Å². The molecule has 6 nitrogen and oxygen atoms in total. The largest absolute Gasteiger partial charge is 0.479 e. The van der Waals surface area contributed by atoms with E-state index in [4.69, 9.17) is 44.0 Å². The fourth-order valence-corrected chi connectivity index (χ4v) is 3.55. The average Bonchev–Trinajstić information content (AvgIpc) is 3.18. The Balaban J connectivity index is 1.57. The second kappa shape index (κ2) is 10.2. The van der Waals surface area contributed by atoms with Crippen molar-refractivity contribution in [3.63, 3.8) is 0 Å². The van der Waals surface area contributed by atoms with Crippen LogP contribution in [0.15, 0.2) is 46.0 Å². The standard InChI is InChI=1S/C19H13Cl3F3N3O3S/c1-9(30-15-5-3-11(20)7-13(15)22)17-27-28-18(31-17)32-8-16(29)26-14-6-10(19(23,24)25)2-4-12(14)21/h2-7,9H,8H2,1H3,(H,26,29)/t9-/m0/s1. The fourth-order valence-electron chi connectivity index (χ4n) is 2.37. The van der Waals surface area contributed by atoms with Crippen LogP contribution < -0.4 is 10.1 Å². The molecule has 13 heteroatoms. The van der Waals surface area contributed by atoms with Crippen molar-refractivity contribution in [2.45, 2.75) is 24.4 Å². The van der Waals surface area contributed by atoms with Gasteiger partial charge in [0.1, 0.15) is 5.75 Å². The van der Waals surface area contributed by atoms with Crippen molar-refractivity contribution in [1.29, 1.82) is 0 Å². The normalized spacial score (nSPS) is 12.5. The van der Waals surface area contributed by atoms with Crippen LogP contribution in [-0.4, -0.2) is 21.9 Å². The lowest BCUT2D eigenvalue weighted by Crippen LogP contribution is -2.15. The van der Waals surface area contributed by atoms with E-state index in [1.54, 1.807) is 19.1 Å². The molecule has 32 heavy (non-hydrogen) atoms. The molecule has 0 aliphatic rings. The first-order valence-electron chi connectivity index (χ1n) is 8.77. The molecule has 0 fully saturated rings. The summed E-state index contributed by atoms with van der Waals surface area (Å²) in [5.41, 5.74) is -1.08. The molecule has 0 aliphatic heterocycles. The molecule has 0 aliphatic carbocycles. The van der Waals surface area contributed by atoms with Crippen LogP contribution in [0.25, 0.3) is 0 Å². The summed E-state index contributed by atoms with van der Waals surface area (Å²) in [5.74, 6) is -0.298. The molecular formula is C19H13Cl3F3N3O3S. The number of halogens is 6. The highest BCUT2D eigenvalue weighted by atomic mass is 35.5. The average molecular weight is 527 g/mol. The predicted octanol–water partition coefficient (Wildman–Crippen LogP) is 6.92. The van der Waals surface area contributed by atoms with Crippen LogP contribution >= 0.6 is 46.6 Å². The number of carbonyl (C=O) groups excluding carboxylic acids is 1. The van der Waals surface area contributed by atoms with E-state index in [9.17, 15) is 18.0 Å². The molecule has 0 radical (unpaired) electrons. The van der Waals surface area contributed by atoms with Gasteiger partial charge in [0.2, 0.25) is 5.91 Å². The van der Waals surface area contributed by atoms with Gasteiger partial charge in [0.25, 0.3) is 11.1 Å². The molecule has 0 unspecified atom stereocenters. The van der Waals surface area contributed by atoms with Crippen molar-refractivity contribution in [3.8, 4) is 5.75 Å². The van der Waals surface area contributed by atoms with E-state index < -0.39 is 23.8 Å². The van der Waals surface area contributed by atoms with Gasteiger partial charge in [0.05, 0.1) is 27.0 Å². The van der Waals surface area contributed by atoms with Crippen molar-refractivity contribution in [3.05, 3.63) is 62.9 Å². The summed E-state index contributed by atoms with van der Waals surface area (Å²) in [6.45, 7) is 1.66. The zero-order valence-electron chi connectivity index (χ0n) is 16.0. The number of thioether (sulfide) groups is 1. The first-order chi connectivity index (χ1) is 15.0. The second-order valence-corrected chi connectivity index (χ2v) is 8.45. The minimum atomic E-state index is -4.56. The summed E-state index contributed by atoms with van der Waals surface area (Å²) < 4.78 is 49.7. The van der Waals surface area contributed by atoms with Gasteiger partial charge in [0.15, 0.2) is 6.10 Å². The quantitative estimate of drug-likeness (QED) is 0.337. The summed E-state index contributed by atoms with van der Waals surface area (Å²) >= 11 is 18.7. The number of benzene rings is 2. The maximum Gasteiger partial charge on any atom is 0.416 e. The van der Waals surface area contributed by atoms with Crippen molar-refractivity contribution in [2.75, 3.05) is 11.1 Å². The van der Waals surface area contributed by atoms with Gasteiger partial charge in [-0.15, -0.1) is 10.2 Å². The summed E-state index contributed by atoms with van der Waals surface area (Å²) in [6.07, 6.45) is -5.21. The highest BCUT2D eigenvalue weighted by Crippen LogP contribution is 2.34. The van der Waals surface area contributed by atoms with E-state index in [1.165, 1.54) is 6.07 Å². The maximum atomic E-state index is 12.8.